The Morgan fingerprint density at radius 1 is 1.16 bits per heavy atom. The molecule has 5 rings (SSSR count). The molecule has 1 saturated heterocycles. The summed E-state index contributed by atoms with van der Waals surface area (Å²) in [5.74, 6) is -1.38. The zero-order chi connectivity index (χ0) is 21.5. The van der Waals surface area contributed by atoms with Gasteiger partial charge in [0.2, 0.25) is 0 Å². The maximum atomic E-state index is 15.5. The van der Waals surface area contributed by atoms with E-state index in [1.165, 1.54) is 23.6 Å². The van der Waals surface area contributed by atoms with Crippen molar-refractivity contribution in [2.75, 3.05) is 43.4 Å². The van der Waals surface area contributed by atoms with Crippen molar-refractivity contribution in [3.8, 4) is 6.07 Å². The maximum Gasteiger partial charge on any atom is 0.188 e. The van der Waals surface area contributed by atoms with Crippen LogP contribution in [0.25, 0.3) is 21.1 Å². The molecule has 0 amide bonds. The van der Waals surface area contributed by atoms with Gasteiger partial charge in [-0.25, -0.2) is 13.8 Å². The first-order valence-electron chi connectivity index (χ1n) is 9.82. The van der Waals surface area contributed by atoms with Gasteiger partial charge in [0, 0.05) is 37.8 Å². The van der Waals surface area contributed by atoms with Gasteiger partial charge < -0.3 is 15.1 Å². The van der Waals surface area contributed by atoms with Crippen LogP contribution in [0.5, 0.6) is 0 Å². The third-order valence-electron chi connectivity index (χ3n) is 5.50. The number of para-hydroxylation sites is 1. The second kappa shape index (κ2) is 7.72. The van der Waals surface area contributed by atoms with Crippen LogP contribution in [0.4, 0.5) is 25.3 Å². The van der Waals surface area contributed by atoms with Crippen molar-refractivity contribution < 1.29 is 8.78 Å². The van der Waals surface area contributed by atoms with E-state index in [-0.39, 0.29) is 22.2 Å². The molecule has 2 aromatic carbocycles. The zero-order valence-electron chi connectivity index (χ0n) is 16.7. The van der Waals surface area contributed by atoms with Crippen LogP contribution < -0.4 is 10.2 Å². The van der Waals surface area contributed by atoms with Crippen molar-refractivity contribution in [1.29, 1.82) is 5.26 Å². The number of fused-ring (bicyclic) bond motifs is 2. The second-order valence-corrected chi connectivity index (χ2v) is 8.51. The Balaban J connectivity index is 1.63. The Hall–Kier alpha value is -3.35. The summed E-state index contributed by atoms with van der Waals surface area (Å²) in [6, 6.07) is 10.9. The van der Waals surface area contributed by atoms with Crippen molar-refractivity contribution in [2.24, 2.45) is 0 Å². The van der Waals surface area contributed by atoms with Gasteiger partial charge in [0.1, 0.15) is 23.1 Å². The van der Waals surface area contributed by atoms with Crippen molar-refractivity contribution >= 4 is 49.0 Å². The van der Waals surface area contributed by atoms with Crippen LogP contribution in [-0.4, -0.2) is 48.1 Å². The van der Waals surface area contributed by atoms with Crippen molar-refractivity contribution in [1.82, 2.24) is 14.9 Å². The first-order valence-corrected chi connectivity index (χ1v) is 10.6. The van der Waals surface area contributed by atoms with Gasteiger partial charge in [-0.1, -0.05) is 23.5 Å². The molecule has 1 aliphatic heterocycles. The lowest BCUT2D eigenvalue weighted by molar-refractivity contribution is 0.310. The van der Waals surface area contributed by atoms with Gasteiger partial charge in [0.15, 0.2) is 10.9 Å². The number of benzene rings is 2. The molecule has 0 saturated carbocycles. The molecule has 0 unspecified atom stereocenters. The number of hydrogen-bond acceptors (Lipinski definition) is 7. The molecule has 0 spiro atoms. The van der Waals surface area contributed by atoms with Gasteiger partial charge in [-0.15, -0.1) is 0 Å². The summed E-state index contributed by atoms with van der Waals surface area (Å²) in [6.07, 6.45) is 1.31. The Bertz CT molecular complexity index is 1300. The summed E-state index contributed by atoms with van der Waals surface area (Å²) in [4.78, 5) is 12.5. The summed E-state index contributed by atoms with van der Waals surface area (Å²) in [5.41, 5.74) is 1.26. The number of likely N-dealkylation sites (N-methyl/N-ethyl adjacent to an activating group) is 1. The Kier molecular flexibility index (Phi) is 4.88. The van der Waals surface area contributed by atoms with Gasteiger partial charge in [0.05, 0.1) is 21.5 Å². The topological polar surface area (TPSA) is 68.1 Å². The highest BCUT2D eigenvalue weighted by molar-refractivity contribution is 7.22. The lowest BCUT2D eigenvalue weighted by Crippen LogP contribution is -2.45. The fourth-order valence-electron chi connectivity index (χ4n) is 3.83. The van der Waals surface area contributed by atoms with E-state index in [1.807, 2.05) is 31.3 Å². The first kappa shape index (κ1) is 19.6. The molecule has 31 heavy (non-hydrogen) atoms. The minimum Gasteiger partial charge on any atom is -0.364 e. The van der Waals surface area contributed by atoms with Gasteiger partial charge >= 0.3 is 0 Å². The lowest BCUT2D eigenvalue weighted by atomic mass is 10.1. The molecule has 4 aromatic rings. The fraction of sp³-hybridized carbons (Fsp3) is 0.227. The van der Waals surface area contributed by atoms with E-state index in [2.05, 4.69) is 26.3 Å². The summed E-state index contributed by atoms with van der Waals surface area (Å²) in [7, 11) is 1.98. The molecule has 0 atom stereocenters. The number of thiazole rings is 1. The average molecular weight is 436 g/mol. The maximum absolute atomic E-state index is 15.5. The molecule has 1 aliphatic rings. The summed E-state index contributed by atoms with van der Waals surface area (Å²) >= 11 is 1.40. The number of aromatic nitrogens is 2. The second-order valence-electron chi connectivity index (χ2n) is 7.48. The average Bonchev–Trinajstić information content (AvgIpc) is 3.18. The van der Waals surface area contributed by atoms with E-state index in [9.17, 15) is 5.26 Å². The zero-order valence-corrected chi connectivity index (χ0v) is 17.5. The highest BCUT2D eigenvalue weighted by atomic mass is 32.1. The highest BCUT2D eigenvalue weighted by Gasteiger charge is 2.25. The van der Waals surface area contributed by atoms with Crippen molar-refractivity contribution in [2.45, 2.75) is 0 Å². The van der Waals surface area contributed by atoms with Crippen LogP contribution in [0.2, 0.25) is 0 Å². The molecule has 3 heterocycles. The van der Waals surface area contributed by atoms with Crippen LogP contribution in [0, 0.1) is 23.0 Å². The van der Waals surface area contributed by atoms with Crippen molar-refractivity contribution in [3.05, 3.63) is 53.7 Å². The van der Waals surface area contributed by atoms with Crippen LogP contribution in [-0.2, 0) is 0 Å². The molecule has 6 nitrogen and oxygen atoms in total. The Morgan fingerprint density at radius 3 is 2.68 bits per heavy atom. The van der Waals surface area contributed by atoms with E-state index in [4.69, 9.17) is 0 Å². The quantitative estimate of drug-likeness (QED) is 0.510. The van der Waals surface area contributed by atoms with Crippen molar-refractivity contribution in [3.63, 3.8) is 0 Å². The lowest BCUT2D eigenvalue weighted by Gasteiger charge is -2.34. The van der Waals surface area contributed by atoms with Gasteiger partial charge in [-0.2, -0.15) is 5.26 Å². The predicted octanol–water partition coefficient (Wildman–Crippen LogP) is 4.49. The number of nitrogens with zero attached hydrogens (tertiary/aromatic N) is 5. The van der Waals surface area contributed by atoms with Crippen LogP contribution in [0.1, 0.15) is 5.56 Å². The molecule has 0 bridgehead atoms. The van der Waals surface area contributed by atoms with Crippen LogP contribution >= 0.6 is 11.3 Å². The minimum atomic E-state index is -0.712. The fourth-order valence-corrected chi connectivity index (χ4v) is 4.70. The molecule has 1 fully saturated rings. The predicted molar refractivity (Wildman–Crippen MR) is 119 cm³/mol. The molecular formula is C22H18F2N6S. The third-order valence-corrected chi connectivity index (χ3v) is 6.45. The largest absolute Gasteiger partial charge is 0.364 e. The van der Waals surface area contributed by atoms with Gasteiger partial charge in [-0.3, -0.25) is 4.98 Å². The molecular weight excluding hydrogens is 418 g/mol. The van der Waals surface area contributed by atoms with Gasteiger partial charge in [-0.05, 0) is 25.2 Å². The smallest absolute Gasteiger partial charge is 0.188 e. The molecule has 2 aromatic heterocycles. The molecule has 0 aliphatic carbocycles. The van der Waals surface area contributed by atoms with E-state index >= 15 is 8.78 Å². The minimum absolute atomic E-state index is 0.0259. The van der Waals surface area contributed by atoms with E-state index in [0.29, 0.717) is 23.9 Å². The van der Waals surface area contributed by atoms with Crippen LogP contribution in [0.3, 0.4) is 0 Å². The van der Waals surface area contributed by atoms with Gasteiger partial charge in [0.25, 0.3) is 0 Å². The third kappa shape index (κ3) is 3.44. The molecule has 156 valence electrons. The molecule has 0 radical (unpaired) electrons. The normalized spacial score (nSPS) is 14.8. The standard InChI is InChI=1S/C22H18F2N6S/c1-29-6-8-30(9-7-29)21-15(23)10-14-19(13(11-25)12-26-20(14)18(21)24)28-22-27-16-4-2-3-5-17(16)31-22/h2-5,10,12H,6-9H2,1H3,(H,26,27,28). The summed E-state index contributed by atoms with van der Waals surface area (Å²) in [5, 5.41) is 13.4. The number of hydrogen-bond donors (Lipinski definition) is 1. The number of pyridine rings is 1. The number of anilines is 3. The van der Waals surface area contributed by atoms with E-state index < -0.39 is 11.6 Å². The van der Waals surface area contributed by atoms with E-state index in [1.54, 1.807) is 4.90 Å². The monoisotopic (exact) mass is 436 g/mol. The summed E-state index contributed by atoms with van der Waals surface area (Å²) < 4.78 is 31.6. The number of halogens is 2. The van der Waals surface area contributed by atoms with E-state index in [0.717, 1.165) is 23.3 Å². The number of nitriles is 1. The SMILES string of the molecule is CN1CCN(c2c(F)cc3c(Nc4nc5ccccc5s4)c(C#N)cnc3c2F)CC1. The molecule has 9 heteroatoms. The molecule has 1 N–H and O–H groups in total. The Morgan fingerprint density at radius 2 is 1.94 bits per heavy atom. The number of rotatable bonds is 3. The summed E-state index contributed by atoms with van der Waals surface area (Å²) in [6.45, 7) is 2.51. The number of piperazine rings is 1. The van der Waals surface area contributed by atoms with Crippen LogP contribution in [0.15, 0.2) is 36.5 Å². The Labute approximate surface area is 181 Å². The first-order chi connectivity index (χ1) is 15.0. The highest BCUT2D eigenvalue weighted by Crippen LogP contribution is 2.37. The number of nitrogens with one attached hydrogen (secondary N) is 1.